The molecule has 0 heterocycles. The molecule has 0 saturated heterocycles. The van der Waals surface area contributed by atoms with Crippen LogP contribution in [0.15, 0.2) is 0 Å². The molecule has 1 unspecified atom stereocenters. The molecular weight excluding hydrogens is 220 g/mol. The fraction of sp³-hybridized carbons (Fsp3) is 0.917. The lowest BCUT2D eigenvalue weighted by Crippen LogP contribution is -2.46. The van der Waals surface area contributed by atoms with Crippen LogP contribution in [0.5, 0.6) is 0 Å². The zero-order valence-electron chi connectivity index (χ0n) is 11.4. The van der Waals surface area contributed by atoms with E-state index in [0.717, 1.165) is 13.1 Å². The molecule has 0 fully saturated rings. The van der Waals surface area contributed by atoms with Gasteiger partial charge in [-0.3, -0.25) is 4.79 Å². The van der Waals surface area contributed by atoms with Gasteiger partial charge in [0.15, 0.2) is 0 Å². The third-order valence-corrected chi connectivity index (χ3v) is 3.71. The molecular formula is C12H26N2OS. The lowest BCUT2D eigenvalue weighted by Gasteiger charge is -2.25. The molecule has 2 N–H and O–H groups in total. The van der Waals surface area contributed by atoms with Crippen molar-refractivity contribution < 1.29 is 4.79 Å². The van der Waals surface area contributed by atoms with Crippen molar-refractivity contribution in [3.8, 4) is 0 Å². The van der Waals surface area contributed by atoms with Crippen LogP contribution in [0.1, 0.15) is 34.6 Å². The third-order valence-electron chi connectivity index (χ3n) is 2.46. The Morgan fingerprint density at radius 3 is 2.31 bits per heavy atom. The average Bonchev–Trinajstić information content (AvgIpc) is 2.22. The summed E-state index contributed by atoms with van der Waals surface area (Å²) in [6.45, 7) is 12.0. The van der Waals surface area contributed by atoms with Gasteiger partial charge < -0.3 is 10.6 Å². The second-order valence-corrected chi connectivity index (χ2v) is 6.72. The van der Waals surface area contributed by atoms with Crippen LogP contribution in [-0.4, -0.2) is 36.0 Å². The number of hydrogen-bond donors (Lipinski definition) is 2. The highest BCUT2D eigenvalue weighted by molar-refractivity contribution is 7.99. The van der Waals surface area contributed by atoms with Crippen LogP contribution in [0.4, 0.5) is 0 Å². The van der Waals surface area contributed by atoms with E-state index in [-0.39, 0.29) is 16.7 Å². The minimum atomic E-state index is -0.120. The molecule has 0 aliphatic heterocycles. The molecule has 0 spiro atoms. The van der Waals surface area contributed by atoms with Gasteiger partial charge in [-0.2, -0.15) is 11.8 Å². The first-order valence-corrected chi connectivity index (χ1v) is 7.07. The van der Waals surface area contributed by atoms with E-state index >= 15 is 0 Å². The Balaban J connectivity index is 3.88. The molecule has 0 radical (unpaired) electrons. The van der Waals surface area contributed by atoms with Gasteiger partial charge in [0.25, 0.3) is 0 Å². The summed E-state index contributed by atoms with van der Waals surface area (Å²) in [6.07, 6.45) is 2.09. The number of carbonyl (C=O) groups excluding carboxylic acids is 1. The summed E-state index contributed by atoms with van der Waals surface area (Å²) in [4.78, 5) is 11.7. The Morgan fingerprint density at radius 1 is 1.31 bits per heavy atom. The van der Waals surface area contributed by atoms with Gasteiger partial charge in [-0.25, -0.2) is 0 Å². The maximum Gasteiger partial charge on any atom is 0.236 e. The fourth-order valence-corrected chi connectivity index (χ4v) is 1.25. The van der Waals surface area contributed by atoms with E-state index in [4.69, 9.17) is 0 Å². The van der Waals surface area contributed by atoms with Crippen LogP contribution in [0.2, 0.25) is 0 Å². The molecule has 0 aliphatic carbocycles. The number of rotatable bonds is 7. The minimum Gasteiger partial charge on any atom is -0.354 e. The molecule has 16 heavy (non-hydrogen) atoms. The standard InChI is InChI=1S/C12H26N2OS/c1-9(2)7-13-11(15)10(3)14-8-12(4,5)16-6/h9-10,14H,7-8H2,1-6H3,(H,13,15). The number of thioether (sulfide) groups is 1. The number of hydrogen-bond acceptors (Lipinski definition) is 3. The van der Waals surface area contributed by atoms with E-state index in [1.54, 1.807) is 11.8 Å². The highest BCUT2D eigenvalue weighted by atomic mass is 32.2. The average molecular weight is 246 g/mol. The zero-order valence-corrected chi connectivity index (χ0v) is 12.2. The molecule has 0 saturated carbocycles. The van der Waals surface area contributed by atoms with Crippen LogP contribution >= 0.6 is 11.8 Å². The first-order chi connectivity index (χ1) is 7.28. The zero-order chi connectivity index (χ0) is 12.8. The Morgan fingerprint density at radius 2 is 1.88 bits per heavy atom. The van der Waals surface area contributed by atoms with Crippen LogP contribution in [0, 0.1) is 5.92 Å². The Labute approximate surface area is 104 Å². The lowest BCUT2D eigenvalue weighted by atomic mass is 10.2. The van der Waals surface area contributed by atoms with Gasteiger partial charge in [0.05, 0.1) is 6.04 Å². The van der Waals surface area contributed by atoms with Gasteiger partial charge in [-0.1, -0.05) is 13.8 Å². The van der Waals surface area contributed by atoms with Gasteiger partial charge in [0.2, 0.25) is 5.91 Å². The first-order valence-electron chi connectivity index (χ1n) is 5.84. The van der Waals surface area contributed by atoms with E-state index in [0.29, 0.717) is 5.92 Å². The third kappa shape index (κ3) is 7.12. The maximum atomic E-state index is 11.7. The lowest BCUT2D eigenvalue weighted by molar-refractivity contribution is -0.122. The number of amides is 1. The highest BCUT2D eigenvalue weighted by Crippen LogP contribution is 2.19. The van der Waals surface area contributed by atoms with Gasteiger partial charge >= 0.3 is 0 Å². The van der Waals surface area contributed by atoms with Crippen molar-refractivity contribution in [1.29, 1.82) is 0 Å². The van der Waals surface area contributed by atoms with Crippen LogP contribution in [-0.2, 0) is 4.79 Å². The summed E-state index contributed by atoms with van der Waals surface area (Å²) in [7, 11) is 0. The largest absolute Gasteiger partial charge is 0.354 e. The topological polar surface area (TPSA) is 41.1 Å². The van der Waals surface area contributed by atoms with E-state index < -0.39 is 0 Å². The van der Waals surface area contributed by atoms with Crippen molar-refractivity contribution in [2.45, 2.75) is 45.4 Å². The van der Waals surface area contributed by atoms with Gasteiger partial charge in [0.1, 0.15) is 0 Å². The second-order valence-electron chi connectivity index (χ2n) is 5.21. The summed E-state index contributed by atoms with van der Waals surface area (Å²) >= 11 is 1.80. The van der Waals surface area contributed by atoms with E-state index in [1.807, 2.05) is 6.92 Å². The summed E-state index contributed by atoms with van der Waals surface area (Å²) < 4.78 is 0.173. The first kappa shape index (κ1) is 15.8. The van der Waals surface area contributed by atoms with E-state index in [1.165, 1.54) is 0 Å². The molecule has 0 aromatic carbocycles. The predicted molar refractivity (Wildman–Crippen MR) is 72.9 cm³/mol. The molecule has 0 aliphatic rings. The van der Waals surface area contributed by atoms with Gasteiger partial charge in [0, 0.05) is 17.8 Å². The second kappa shape index (κ2) is 7.17. The number of carbonyl (C=O) groups is 1. The van der Waals surface area contributed by atoms with E-state index in [2.05, 4.69) is 44.6 Å². The Kier molecular flexibility index (Phi) is 7.07. The van der Waals surface area contributed by atoms with Gasteiger partial charge in [-0.15, -0.1) is 0 Å². The quantitative estimate of drug-likeness (QED) is 0.720. The highest BCUT2D eigenvalue weighted by Gasteiger charge is 2.19. The van der Waals surface area contributed by atoms with Crippen LogP contribution in [0.3, 0.4) is 0 Å². The van der Waals surface area contributed by atoms with Crippen molar-refractivity contribution in [1.82, 2.24) is 10.6 Å². The summed E-state index contributed by atoms with van der Waals surface area (Å²) in [5.41, 5.74) is 0. The smallest absolute Gasteiger partial charge is 0.236 e. The van der Waals surface area contributed by atoms with Crippen LogP contribution in [0.25, 0.3) is 0 Å². The van der Waals surface area contributed by atoms with Crippen molar-refractivity contribution in [3.63, 3.8) is 0 Å². The molecule has 0 bridgehead atoms. The summed E-state index contributed by atoms with van der Waals surface area (Å²) in [6, 6.07) is -0.120. The van der Waals surface area contributed by atoms with Gasteiger partial charge in [-0.05, 0) is 32.9 Å². The molecule has 0 rings (SSSR count). The number of nitrogens with one attached hydrogen (secondary N) is 2. The fourth-order valence-electron chi connectivity index (χ4n) is 1.02. The molecule has 4 heteroatoms. The van der Waals surface area contributed by atoms with Crippen molar-refractivity contribution in [3.05, 3.63) is 0 Å². The molecule has 0 aromatic heterocycles. The minimum absolute atomic E-state index is 0.0885. The van der Waals surface area contributed by atoms with Crippen LogP contribution < -0.4 is 10.6 Å². The molecule has 96 valence electrons. The molecule has 0 aromatic rings. The Bertz CT molecular complexity index is 217. The van der Waals surface area contributed by atoms with Crippen molar-refractivity contribution in [2.75, 3.05) is 19.3 Å². The van der Waals surface area contributed by atoms with E-state index in [9.17, 15) is 4.79 Å². The van der Waals surface area contributed by atoms with Crippen molar-refractivity contribution in [2.24, 2.45) is 5.92 Å². The monoisotopic (exact) mass is 246 g/mol. The SMILES string of the molecule is CSC(C)(C)CNC(C)C(=O)NCC(C)C. The van der Waals surface area contributed by atoms with Crippen molar-refractivity contribution >= 4 is 17.7 Å². The molecule has 3 nitrogen and oxygen atoms in total. The normalized spacial score (nSPS) is 13.9. The predicted octanol–water partition coefficient (Wildman–Crippen LogP) is 1.88. The summed E-state index contributed by atoms with van der Waals surface area (Å²) in [5.74, 6) is 0.587. The molecule has 1 amide bonds. The molecule has 1 atom stereocenters. The Hall–Kier alpha value is -0.220. The summed E-state index contributed by atoms with van der Waals surface area (Å²) in [5, 5.41) is 6.19. The maximum absolute atomic E-state index is 11.7.